The molecule has 0 aromatic heterocycles. The molecule has 0 saturated heterocycles. The largest absolute Gasteiger partial charge is 0.481 e. The zero-order valence-corrected chi connectivity index (χ0v) is 14.3. The Kier molecular flexibility index (Phi) is 16.5. The summed E-state index contributed by atoms with van der Waals surface area (Å²) in [5.41, 5.74) is 0. The predicted octanol–water partition coefficient (Wildman–Crippen LogP) is 5.56. The molecule has 0 amide bonds. The van der Waals surface area contributed by atoms with Crippen LogP contribution in [0.15, 0.2) is 0 Å². The van der Waals surface area contributed by atoms with Crippen molar-refractivity contribution in [2.24, 2.45) is 0 Å². The fourth-order valence-electron chi connectivity index (χ4n) is 2.24. The molecule has 0 rings (SSSR count). The van der Waals surface area contributed by atoms with E-state index < -0.39 is 5.97 Å². The number of carbonyl (C=O) groups is 1. The van der Waals surface area contributed by atoms with Gasteiger partial charge in [-0.05, 0) is 24.7 Å². The topological polar surface area (TPSA) is 37.3 Å². The van der Waals surface area contributed by atoms with Gasteiger partial charge in [-0.25, -0.2) is 0 Å². The Balaban J connectivity index is 3.24. The van der Waals surface area contributed by atoms with E-state index in [1.165, 1.54) is 64.2 Å². The minimum atomic E-state index is -0.756. The number of rotatable bonds is 13. The average Bonchev–Trinajstić information content (AvgIpc) is 2.50. The van der Waals surface area contributed by atoms with Crippen LogP contribution in [-0.2, 0) is 4.79 Å². The van der Waals surface area contributed by atoms with Crippen molar-refractivity contribution in [2.75, 3.05) is 0 Å². The summed E-state index contributed by atoms with van der Waals surface area (Å²) < 4.78 is 0. The number of hydrogen-bond acceptors (Lipinski definition) is 1. The predicted molar refractivity (Wildman–Crippen MR) is 93.5 cm³/mol. The zero-order valence-electron chi connectivity index (χ0n) is 14.3. The molecule has 0 aliphatic carbocycles. The molecule has 0 aromatic rings. The van der Waals surface area contributed by atoms with Crippen molar-refractivity contribution >= 4 is 5.97 Å². The molecule has 124 valence electrons. The van der Waals surface area contributed by atoms with Crippen LogP contribution in [0.4, 0.5) is 0 Å². The van der Waals surface area contributed by atoms with Gasteiger partial charge in [-0.3, -0.25) is 4.79 Å². The van der Waals surface area contributed by atoms with Crippen LogP contribution in [0.2, 0.25) is 0 Å². The third-order valence-corrected chi connectivity index (χ3v) is 3.59. The van der Waals surface area contributed by atoms with E-state index in [-0.39, 0.29) is 6.42 Å². The van der Waals surface area contributed by atoms with Crippen molar-refractivity contribution in [3.8, 4) is 23.7 Å². The van der Waals surface area contributed by atoms with Gasteiger partial charge in [0.05, 0.1) is 0 Å². The second-order valence-electron chi connectivity index (χ2n) is 5.78. The van der Waals surface area contributed by atoms with E-state index in [0.717, 1.165) is 6.42 Å². The summed E-state index contributed by atoms with van der Waals surface area (Å²) >= 11 is 0. The molecule has 0 aliphatic rings. The van der Waals surface area contributed by atoms with Gasteiger partial charge in [0.25, 0.3) is 0 Å². The maximum atomic E-state index is 10.3. The van der Waals surface area contributed by atoms with Gasteiger partial charge < -0.3 is 5.11 Å². The molecule has 22 heavy (non-hydrogen) atoms. The molecule has 0 fully saturated rings. The van der Waals surface area contributed by atoms with E-state index in [1.54, 1.807) is 0 Å². The van der Waals surface area contributed by atoms with Crippen LogP contribution in [0, 0.1) is 23.7 Å². The van der Waals surface area contributed by atoms with Gasteiger partial charge in [0.1, 0.15) is 0 Å². The molecule has 0 radical (unpaired) electrons. The van der Waals surface area contributed by atoms with E-state index in [0.29, 0.717) is 12.8 Å². The van der Waals surface area contributed by atoms with Gasteiger partial charge in [-0.1, -0.05) is 76.6 Å². The summed E-state index contributed by atoms with van der Waals surface area (Å²) in [6.07, 6.45) is 15.8. The number of carboxylic acids is 1. The molecule has 0 aliphatic heterocycles. The molecule has 2 heteroatoms. The van der Waals surface area contributed by atoms with E-state index in [1.807, 2.05) is 0 Å². The first-order chi connectivity index (χ1) is 10.8. The second kappa shape index (κ2) is 17.6. The summed E-state index contributed by atoms with van der Waals surface area (Å²) in [6.45, 7) is 2.26. The highest BCUT2D eigenvalue weighted by Gasteiger charge is 1.93. The van der Waals surface area contributed by atoms with Crippen LogP contribution in [0.1, 0.15) is 96.8 Å². The Morgan fingerprint density at radius 2 is 1.18 bits per heavy atom. The van der Waals surface area contributed by atoms with Gasteiger partial charge >= 0.3 is 5.97 Å². The van der Waals surface area contributed by atoms with Crippen molar-refractivity contribution in [3.05, 3.63) is 0 Å². The lowest BCUT2D eigenvalue weighted by Crippen LogP contribution is -1.92. The van der Waals surface area contributed by atoms with Crippen molar-refractivity contribution in [1.29, 1.82) is 0 Å². The normalized spacial score (nSPS) is 9.50. The van der Waals surface area contributed by atoms with Crippen LogP contribution in [0.5, 0.6) is 0 Å². The highest BCUT2D eigenvalue weighted by molar-refractivity contribution is 5.66. The van der Waals surface area contributed by atoms with Gasteiger partial charge in [-0.2, -0.15) is 0 Å². The molecular formula is C20H32O2. The summed E-state index contributed by atoms with van der Waals surface area (Å²) in [5.74, 6) is 10.8. The molecule has 0 atom stereocenters. The van der Waals surface area contributed by atoms with E-state index in [4.69, 9.17) is 5.11 Å². The molecule has 0 saturated carbocycles. The van der Waals surface area contributed by atoms with Gasteiger partial charge in [0.2, 0.25) is 0 Å². The number of hydrogen-bond donors (Lipinski definition) is 1. The standard InChI is InChI=1S/C20H32O2/c1-2-3-4-5-6-7-8-9-10-11-12-13-14-15-16-17-18-19-20(21)22/h2-12,17-19H2,1H3,(H,21,22). The summed E-state index contributed by atoms with van der Waals surface area (Å²) in [4.78, 5) is 10.3. The van der Waals surface area contributed by atoms with Crippen LogP contribution in [0.3, 0.4) is 0 Å². The van der Waals surface area contributed by atoms with Crippen LogP contribution < -0.4 is 0 Å². The lowest BCUT2D eigenvalue weighted by Gasteiger charge is -2.00. The Labute approximate surface area is 137 Å². The monoisotopic (exact) mass is 304 g/mol. The highest BCUT2D eigenvalue weighted by Crippen LogP contribution is 2.10. The first kappa shape index (κ1) is 20.6. The maximum Gasteiger partial charge on any atom is 0.303 e. The number of unbranched alkanes of at least 4 members (excludes halogenated alkanes) is 11. The summed E-state index contributed by atoms with van der Waals surface area (Å²) in [6, 6.07) is 0. The summed E-state index contributed by atoms with van der Waals surface area (Å²) in [5, 5.41) is 8.46. The Hall–Kier alpha value is -1.41. The highest BCUT2D eigenvalue weighted by atomic mass is 16.4. The SMILES string of the molecule is CCCCCCCCCCCCC#CC#CCCCC(=O)O. The molecule has 1 N–H and O–H groups in total. The third-order valence-electron chi connectivity index (χ3n) is 3.59. The Morgan fingerprint density at radius 3 is 1.68 bits per heavy atom. The van der Waals surface area contributed by atoms with Crippen molar-refractivity contribution in [2.45, 2.75) is 96.8 Å². The fourth-order valence-corrected chi connectivity index (χ4v) is 2.24. The lowest BCUT2D eigenvalue weighted by molar-refractivity contribution is -0.137. The minimum absolute atomic E-state index is 0.195. The molecular weight excluding hydrogens is 272 g/mol. The fraction of sp³-hybridized carbons (Fsp3) is 0.750. The van der Waals surface area contributed by atoms with Gasteiger partial charge in [0.15, 0.2) is 0 Å². The number of aliphatic carboxylic acids is 1. The van der Waals surface area contributed by atoms with E-state index in [9.17, 15) is 4.79 Å². The first-order valence-corrected chi connectivity index (χ1v) is 8.95. The zero-order chi connectivity index (χ0) is 16.3. The second-order valence-corrected chi connectivity index (χ2v) is 5.78. The van der Waals surface area contributed by atoms with Crippen molar-refractivity contribution in [3.63, 3.8) is 0 Å². The first-order valence-electron chi connectivity index (χ1n) is 8.95. The molecule has 2 nitrogen and oxygen atoms in total. The lowest BCUT2D eigenvalue weighted by atomic mass is 10.1. The van der Waals surface area contributed by atoms with Gasteiger partial charge in [0, 0.05) is 19.3 Å². The molecule has 0 bridgehead atoms. The van der Waals surface area contributed by atoms with Crippen molar-refractivity contribution < 1.29 is 9.90 Å². The summed E-state index contributed by atoms with van der Waals surface area (Å²) in [7, 11) is 0. The molecule has 0 heterocycles. The third kappa shape index (κ3) is 18.6. The molecule has 0 aromatic carbocycles. The van der Waals surface area contributed by atoms with Gasteiger partial charge in [-0.15, -0.1) is 0 Å². The van der Waals surface area contributed by atoms with Crippen LogP contribution >= 0.6 is 0 Å². The van der Waals surface area contributed by atoms with Crippen LogP contribution in [-0.4, -0.2) is 11.1 Å². The average molecular weight is 304 g/mol. The van der Waals surface area contributed by atoms with Crippen LogP contribution in [0.25, 0.3) is 0 Å². The number of carboxylic acid groups (broad SMARTS) is 1. The quantitative estimate of drug-likeness (QED) is 0.357. The molecule has 0 spiro atoms. The van der Waals surface area contributed by atoms with E-state index in [2.05, 4.69) is 30.6 Å². The smallest absolute Gasteiger partial charge is 0.303 e. The van der Waals surface area contributed by atoms with Crippen molar-refractivity contribution in [1.82, 2.24) is 0 Å². The minimum Gasteiger partial charge on any atom is -0.481 e. The Morgan fingerprint density at radius 1 is 0.727 bits per heavy atom. The van der Waals surface area contributed by atoms with E-state index >= 15 is 0 Å². The molecule has 0 unspecified atom stereocenters. The maximum absolute atomic E-state index is 10.3. The Bertz CT molecular complexity index is 376.